The van der Waals surface area contributed by atoms with Gasteiger partial charge in [0.05, 0.1) is 11.5 Å². The van der Waals surface area contributed by atoms with Crippen molar-refractivity contribution in [2.24, 2.45) is 5.92 Å². The molecule has 1 aromatic rings. The molecule has 7 heteroatoms. The van der Waals surface area contributed by atoms with E-state index in [1.54, 1.807) is 19.1 Å². The van der Waals surface area contributed by atoms with Crippen molar-refractivity contribution in [3.05, 3.63) is 29.8 Å². The molecule has 0 aliphatic rings. The van der Waals surface area contributed by atoms with Gasteiger partial charge in [0, 0.05) is 5.33 Å². The molecule has 0 aliphatic carbocycles. The Kier molecular flexibility index (Phi) is 7.52. The lowest BCUT2D eigenvalue weighted by molar-refractivity contribution is -0.145. The van der Waals surface area contributed by atoms with Gasteiger partial charge in [-0.2, -0.15) is 4.72 Å². The van der Waals surface area contributed by atoms with Crippen LogP contribution in [0.1, 0.15) is 32.8 Å². The summed E-state index contributed by atoms with van der Waals surface area (Å²) in [6.45, 7) is 5.75. The zero-order valence-corrected chi connectivity index (χ0v) is 15.4. The lowest BCUT2D eigenvalue weighted by Gasteiger charge is -2.19. The monoisotopic (exact) mass is 391 g/mol. The summed E-state index contributed by atoms with van der Waals surface area (Å²) in [5.74, 6) is -0.385. The molecule has 0 radical (unpaired) electrons. The zero-order chi connectivity index (χ0) is 16.8. The molecule has 0 saturated heterocycles. The standard InChI is InChI=1S/C15H22BrNO4S/c1-4-21-15(18)14(9-11(2)3)17-22(19,20)13-7-5-12(10-16)6-8-13/h5-8,11,14,17H,4,9-10H2,1-3H3/t14-/m1/s1. The van der Waals surface area contributed by atoms with Gasteiger partial charge < -0.3 is 4.74 Å². The zero-order valence-electron chi connectivity index (χ0n) is 13.0. The van der Waals surface area contributed by atoms with Crippen molar-refractivity contribution < 1.29 is 17.9 Å². The van der Waals surface area contributed by atoms with E-state index in [0.717, 1.165) is 5.56 Å². The molecule has 0 unspecified atom stereocenters. The second kappa shape index (κ2) is 8.64. The molecule has 1 N–H and O–H groups in total. The number of esters is 1. The Morgan fingerprint density at radius 2 is 1.86 bits per heavy atom. The van der Waals surface area contributed by atoms with Crippen molar-refractivity contribution in [3.63, 3.8) is 0 Å². The van der Waals surface area contributed by atoms with Crippen LogP contribution < -0.4 is 4.72 Å². The highest BCUT2D eigenvalue weighted by Crippen LogP contribution is 2.15. The Morgan fingerprint density at radius 1 is 1.27 bits per heavy atom. The number of sulfonamides is 1. The molecule has 5 nitrogen and oxygen atoms in total. The molecule has 1 aromatic carbocycles. The van der Waals surface area contributed by atoms with Gasteiger partial charge in [-0.05, 0) is 37.0 Å². The lowest BCUT2D eigenvalue weighted by Crippen LogP contribution is -2.42. The highest BCUT2D eigenvalue weighted by molar-refractivity contribution is 9.08. The van der Waals surface area contributed by atoms with Gasteiger partial charge in [0.15, 0.2) is 0 Å². The van der Waals surface area contributed by atoms with Gasteiger partial charge in [0.2, 0.25) is 10.0 Å². The van der Waals surface area contributed by atoms with Crippen molar-refractivity contribution in [1.82, 2.24) is 4.72 Å². The molecule has 22 heavy (non-hydrogen) atoms. The van der Waals surface area contributed by atoms with Crippen LogP contribution >= 0.6 is 15.9 Å². The molecule has 1 rings (SSSR count). The van der Waals surface area contributed by atoms with E-state index in [9.17, 15) is 13.2 Å². The third-order valence-corrected chi connectivity index (χ3v) is 5.10. The smallest absolute Gasteiger partial charge is 0.324 e. The largest absolute Gasteiger partial charge is 0.465 e. The predicted molar refractivity (Wildman–Crippen MR) is 89.3 cm³/mol. The van der Waals surface area contributed by atoms with Gasteiger partial charge in [-0.1, -0.05) is 41.9 Å². The van der Waals surface area contributed by atoms with Gasteiger partial charge in [-0.15, -0.1) is 0 Å². The normalized spacial score (nSPS) is 13.1. The first-order valence-electron chi connectivity index (χ1n) is 7.14. The number of hydrogen-bond donors (Lipinski definition) is 1. The maximum Gasteiger partial charge on any atom is 0.324 e. The second-order valence-corrected chi connectivity index (χ2v) is 7.61. The summed E-state index contributed by atoms with van der Waals surface area (Å²) in [5, 5.41) is 0.652. The molecule has 0 saturated carbocycles. The quantitative estimate of drug-likeness (QED) is 0.546. The number of alkyl halides is 1. The number of benzene rings is 1. The average molecular weight is 392 g/mol. The summed E-state index contributed by atoms with van der Waals surface area (Å²) in [7, 11) is -3.76. The maximum atomic E-state index is 12.4. The van der Waals surface area contributed by atoms with Crippen LogP contribution in [-0.4, -0.2) is 27.0 Å². The fourth-order valence-electron chi connectivity index (χ4n) is 1.92. The molecule has 124 valence electrons. The Hall–Kier alpha value is -0.920. The van der Waals surface area contributed by atoms with E-state index in [1.807, 2.05) is 13.8 Å². The molecule has 0 aliphatic heterocycles. The Labute approximate surface area is 140 Å². The summed E-state index contributed by atoms with van der Waals surface area (Å²) in [5.41, 5.74) is 0.975. The minimum atomic E-state index is -3.76. The molecule has 0 bridgehead atoms. The first-order chi connectivity index (χ1) is 10.3. The third-order valence-electron chi connectivity index (χ3n) is 2.96. The highest BCUT2D eigenvalue weighted by Gasteiger charge is 2.27. The van der Waals surface area contributed by atoms with E-state index in [4.69, 9.17) is 4.74 Å². The van der Waals surface area contributed by atoms with Crippen LogP contribution in [0.4, 0.5) is 0 Å². The molecule has 0 aromatic heterocycles. The van der Waals surface area contributed by atoms with Crippen molar-refractivity contribution >= 4 is 31.9 Å². The summed E-state index contributed by atoms with van der Waals surface area (Å²) < 4.78 is 32.2. The van der Waals surface area contributed by atoms with Crippen LogP contribution in [0.3, 0.4) is 0 Å². The van der Waals surface area contributed by atoms with Gasteiger partial charge >= 0.3 is 5.97 Å². The minimum absolute atomic E-state index is 0.134. The molecule has 1 atom stereocenters. The fourth-order valence-corrected chi connectivity index (χ4v) is 3.49. The van der Waals surface area contributed by atoms with Crippen LogP contribution in [0.15, 0.2) is 29.2 Å². The summed E-state index contributed by atoms with van der Waals surface area (Å²) in [4.78, 5) is 12.1. The van der Waals surface area contributed by atoms with E-state index in [-0.39, 0.29) is 17.4 Å². The number of rotatable bonds is 8. The van der Waals surface area contributed by atoms with E-state index in [0.29, 0.717) is 11.8 Å². The van der Waals surface area contributed by atoms with Crippen molar-refractivity contribution in [2.75, 3.05) is 6.61 Å². The van der Waals surface area contributed by atoms with E-state index in [2.05, 4.69) is 20.7 Å². The number of ether oxygens (including phenoxy) is 1. The molecule has 0 amide bonds. The van der Waals surface area contributed by atoms with Gasteiger partial charge in [0.25, 0.3) is 0 Å². The number of halogens is 1. The predicted octanol–water partition coefficient (Wildman–Crippen LogP) is 2.84. The summed E-state index contributed by atoms with van der Waals surface area (Å²) in [6, 6.07) is 5.63. The van der Waals surface area contributed by atoms with E-state index < -0.39 is 22.0 Å². The first-order valence-corrected chi connectivity index (χ1v) is 9.74. The maximum absolute atomic E-state index is 12.4. The SMILES string of the molecule is CCOC(=O)[C@@H](CC(C)C)NS(=O)(=O)c1ccc(CBr)cc1. The summed E-state index contributed by atoms with van der Waals surface area (Å²) >= 11 is 3.31. The molecular weight excluding hydrogens is 370 g/mol. The number of hydrogen-bond acceptors (Lipinski definition) is 4. The lowest BCUT2D eigenvalue weighted by atomic mass is 10.1. The van der Waals surface area contributed by atoms with E-state index in [1.165, 1.54) is 12.1 Å². The van der Waals surface area contributed by atoms with Crippen molar-refractivity contribution in [2.45, 2.75) is 43.5 Å². The van der Waals surface area contributed by atoms with Crippen molar-refractivity contribution in [1.29, 1.82) is 0 Å². The minimum Gasteiger partial charge on any atom is -0.465 e. The number of nitrogens with one attached hydrogen (secondary N) is 1. The van der Waals surface area contributed by atoms with Crippen LogP contribution in [0.25, 0.3) is 0 Å². The van der Waals surface area contributed by atoms with Crippen LogP contribution in [0.2, 0.25) is 0 Å². The van der Waals surface area contributed by atoms with Gasteiger partial charge in [-0.3, -0.25) is 4.79 Å². The fraction of sp³-hybridized carbons (Fsp3) is 0.533. The molecule has 0 heterocycles. The van der Waals surface area contributed by atoms with Crippen LogP contribution in [0, 0.1) is 5.92 Å². The molecule has 0 fully saturated rings. The van der Waals surface area contributed by atoms with Crippen LogP contribution in [0.5, 0.6) is 0 Å². The molecular formula is C15H22BrNO4S. The third kappa shape index (κ3) is 5.70. The van der Waals surface area contributed by atoms with Crippen LogP contribution in [-0.2, 0) is 24.9 Å². The topological polar surface area (TPSA) is 72.5 Å². The molecule has 0 spiro atoms. The Morgan fingerprint density at radius 3 is 2.32 bits per heavy atom. The number of carbonyl (C=O) groups is 1. The Bertz CT molecular complexity index is 584. The van der Waals surface area contributed by atoms with Gasteiger partial charge in [0.1, 0.15) is 6.04 Å². The average Bonchev–Trinajstić information content (AvgIpc) is 2.46. The van der Waals surface area contributed by atoms with E-state index >= 15 is 0 Å². The highest BCUT2D eigenvalue weighted by atomic mass is 79.9. The Balaban J connectivity index is 2.95. The summed E-state index contributed by atoms with van der Waals surface area (Å²) in [6.07, 6.45) is 0.386. The number of carbonyl (C=O) groups excluding carboxylic acids is 1. The first kappa shape index (κ1) is 19.1. The van der Waals surface area contributed by atoms with Crippen molar-refractivity contribution in [3.8, 4) is 0 Å². The van der Waals surface area contributed by atoms with Gasteiger partial charge in [-0.25, -0.2) is 8.42 Å². The second-order valence-electron chi connectivity index (χ2n) is 5.33.